The van der Waals surface area contributed by atoms with Gasteiger partial charge in [0.15, 0.2) is 5.17 Å². The Labute approximate surface area is 108 Å². The van der Waals surface area contributed by atoms with E-state index in [0.29, 0.717) is 18.1 Å². The molecule has 1 unspecified atom stereocenters. The van der Waals surface area contributed by atoms with Gasteiger partial charge in [-0.25, -0.2) is 0 Å². The molecule has 1 aromatic heterocycles. The van der Waals surface area contributed by atoms with Gasteiger partial charge >= 0.3 is 5.97 Å². The van der Waals surface area contributed by atoms with Gasteiger partial charge in [0, 0.05) is 16.2 Å². The van der Waals surface area contributed by atoms with Gasteiger partial charge in [0.05, 0.1) is 6.54 Å². The fraction of sp³-hybridized carbons (Fsp3) is 0.400. The Morgan fingerprint density at radius 1 is 1.59 bits per heavy atom. The van der Waals surface area contributed by atoms with E-state index in [0.717, 1.165) is 9.75 Å². The standard InChI is InChI=1S/C10H15N3O2S2/c1-16-10(12)13-5-7-3-2-6(17-7)4-8(11)9(14)15/h2-3,8H,4-5,11H2,1H3,(H2,12,13)(H,14,15). The van der Waals surface area contributed by atoms with Crippen LogP contribution in [0, 0.1) is 0 Å². The Kier molecular flexibility index (Phi) is 5.46. The number of nitrogens with zero attached hydrogens (tertiary/aromatic N) is 1. The molecule has 0 aliphatic heterocycles. The summed E-state index contributed by atoms with van der Waals surface area (Å²) in [4.78, 5) is 16.8. The maximum Gasteiger partial charge on any atom is 0.320 e. The molecule has 0 fully saturated rings. The molecule has 5 nitrogen and oxygen atoms in total. The number of aliphatic imine (C=N–C) groups is 1. The lowest BCUT2D eigenvalue weighted by Gasteiger charge is -2.02. The van der Waals surface area contributed by atoms with Crippen molar-refractivity contribution in [3.63, 3.8) is 0 Å². The summed E-state index contributed by atoms with van der Waals surface area (Å²) in [6, 6.07) is 2.96. The molecule has 0 aromatic carbocycles. The first kappa shape index (κ1) is 14.0. The fourth-order valence-electron chi connectivity index (χ4n) is 1.14. The molecule has 1 rings (SSSR count). The van der Waals surface area contributed by atoms with Crippen molar-refractivity contribution in [3.8, 4) is 0 Å². The highest BCUT2D eigenvalue weighted by molar-refractivity contribution is 8.13. The molecule has 1 aromatic rings. The summed E-state index contributed by atoms with van der Waals surface area (Å²) in [6.07, 6.45) is 2.21. The summed E-state index contributed by atoms with van der Waals surface area (Å²) < 4.78 is 0. The molecule has 0 saturated carbocycles. The number of hydrogen-bond acceptors (Lipinski definition) is 5. The summed E-state index contributed by atoms with van der Waals surface area (Å²) in [5.74, 6) is -0.982. The Hall–Kier alpha value is -1.05. The second kappa shape index (κ2) is 6.63. The SMILES string of the molecule is CSC(N)=NCc1ccc(CC(N)C(=O)O)s1. The highest BCUT2D eigenvalue weighted by Crippen LogP contribution is 2.19. The van der Waals surface area contributed by atoms with Crippen LogP contribution in [0.25, 0.3) is 0 Å². The average molecular weight is 273 g/mol. The molecule has 94 valence electrons. The van der Waals surface area contributed by atoms with Crippen molar-refractivity contribution in [1.82, 2.24) is 0 Å². The molecule has 7 heteroatoms. The normalized spacial score (nSPS) is 13.6. The van der Waals surface area contributed by atoms with Crippen molar-refractivity contribution in [1.29, 1.82) is 0 Å². The molecule has 5 N–H and O–H groups in total. The molecular weight excluding hydrogens is 258 g/mol. The largest absolute Gasteiger partial charge is 0.480 e. The predicted octanol–water partition coefficient (Wildman–Crippen LogP) is 0.880. The van der Waals surface area contributed by atoms with Crippen LogP contribution in [0.2, 0.25) is 0 Å². The van der Waals surface area contributed by atoms with Gasteiger partial charge in [-0.3, -0.25) is 9.79 Å². The molecule has 0 aliphatic carbocycles. The number of carbonyl (C=O) groups is 1. The van der Waals surface area contributed by atoms with E-state index in [-0.39, 0.29) is 0 Å². The first-order chi connectivity index (χ1) is 8.02. The molecular formula is C10H15N3O2S2. The third-order valence-electron chi connectivity index (χ3n) is 2.06. The first-order valence-electron chi connectivity index (χ1n) is 4.92. The van der Waals surface area contributed by atoms with Crippen LogP contribution in [0.3, 0.4) is 0 Å². The number of aliphatic carboxylic acids is 1. The van der Waals surface area contributed by atoms with Gasteiger partial charge in [-0.05, 0) is 18.4 Å². The maximum atomic E-state index is 10.6. The van der Waals surface area contributed by atoms with Crippen LogP contribution in [0.15, 0.2) is 17.1 Å². The summed E-state index contributed by atoms with van der Waals surface area (Å²) in [6.45, 7) is 0.527. The lowest BCUT2D eigenvalue weighted by atomic mass is 10.2. The maximum absolute atomic E-state index is 10.6. The van der Waals surface area contributed by atoms with Crippen molar-refractivity contribution in [2.24, 2.45) is 16.5 Å². The van der Waals surface area contributed by atoms with Crippen molar-refractivity contribution < 1.29 is 9.90 Å². The Morgan fingerprint density at radius 3 is 2.82 bits per heavy atom. The third kappa shape index (κ3) is 4.76. The minimum Gasteiger partial charge on any atom is -0.480 e. The van der Waals surface area contributed by atoms with Gasteiger partial charge in [-0.1, -0.05) is 11.8 Å². The molecule has 0 radical (unpaired) electrons. The Balaban J connectivity index is 2.56. The van der Waals surface area contributed by atoms with E-state index in [9.17, 15) is 4.79 Å². The minimum atomic E-state index is -0.982. The van der Waals surface area contributed by atoms with Gasteiger partial charge in [0.25, 0.3) is 0 Å². The van der Waals surface area contributed by atoms with Crippen LogP contribution < -0.4 is 11.5 Å². The monoisotopic (exact) mass is 273 g/mol. The molecule has 0 spiro atoms. The number of carboxylic acid groups (broad SMARTS) is 1. The average Bonchev–Trinajstić information content (AvgIpc) is 2.73. The van der Waals surface area contributed by atoms with Crippen LogP contribution in [-0.4, -0.2) is 28.5 Å². The van der Waals surface area contributed by atoms with Crippen LogP contribution in [0.4, 0.5) is 0 Å². The second-order valence-corrected chi connectivity index (χ2v) is 5.45. The van der Waals surface area contributed by atoms with Crippen molar-refractivity contribution in [2.45, 2.75) is 19.0 Å². The summed E-state index contributed by atoms with van der Waals surface area (Å²) in [7, 11) is 0. The van der Waals surface area contributed by atoms with Crippen LogP contribution in [0.1, 0.15) is 9.75 Å². The highest BCUT2D eigenvalue weighted by Gasteiger charge is 2.13. The highest BCUT2D eigenvalue weighted by atomic mass is 32.2. The fourth-order valence-corrected chi connectivity index (χ4v) is 2.34. The van der Waals surface area contributed by atoms with Gasteiger partial charge in [-0.15, -0.1) is 11.3 Å². The minimum absolute atomic E-state index is 0.349. The third-order valence-corrected chi connectivity index (χ3v) is 3.70. The smallest absolute Gasteiger partial charge is 0.320 e. The molecule has 1 atom stereocenters. The zero-order valence-electron chi connectivity index (χ0n) is 9.42. The van der Waals surface area contributed by atoms with E-state index in [1.165, 1.54) is 23.1 Å². The van der Waals surface area contributed by atoms with Crippen LogP contribution >= 0.6 is 23.1 Å². The van der Waals surface area contributed by atoms with E-state index in [1.807, 2.05) is 18.4 Å². The van der Waals surface area contributed by atoms with E-state index in [1.54, 1.807) is 0 Å². The van der Waals surface area contributed by atoms with Gasteiger partial charge < -0.3 is 16.6 Å². The molecule has 0 amide bonds. The van der Waals surface area contributed by atoms with Crippen molar-refractivity contribution in [3.05, 3.63) is 21.9 Å². The topological polar surface area (TPSA) is 102 Å². The van der Waals surface area contributed by atoms with Gasteiger partial charge in [-0.2, -0.15) is 0 Å². The van der Waals surface area contributed by atoms with E-state index in [4.69, 9.17) is 16.6 Å². The van der Waals surface area contributed by atoms with E-state index in [2.05, 4.69) is 4.99 Å². The molecule has 1 heterocycles. The number of rotatable bonds is 5. The Morgan fingerprint density at radius 2 is 2.24 bits per heavy atom. The number of nitrogens with two attached hydrogens (primary N) is 2. The molecule has 17 heavy (non-hydrogen) atoms. The first-order valence-corrected chi connectivity index (χ1v) is 6.97. The lowest BCUT2D eigenvalue weighted by molar-refractivity contribution is -0.138. The number of hydrogen-bond donors (Lipinski definition) is 3. The summed E-state index contributed by atoms with van der Waals surface area (Å²) in [5.41, 5.74) is 11.0. The Bertz CT molecular complexity index is 417. The van der Waals surface area contributed by atoms with E-state index >= 15 is 0 Å². The molecule has 0 bridgehead atoms. The zero-order chi connectivity index (χ0) is 12.8. The number of amidine groups is 1. The quantitative estimate of drug-likeness (QED) is 0.546. The van der Waals surface area contributed by atoms with Crippen LogP contribution in [0.5, 0.6) is 0 Å². The summed E-state index contributed by atoms with van der Waals surface area (Å²) >= 11 is 2.92. The van der Waals surface area contributed by atoms with Gasteiger partial charge in [0.1, 0.15) is 6.04 Å². The molecule has 0 saturated heterocycles. The van der Waals surface area contributed by atoms with Crippen LogP contribution in [-0.2, 0) is 17.8 Å². The summed E-state index contributed by atoms with van der Waals surface area (Å²) in [5, 5.41) is 9.24. The van der Waals surface area contributed by atoms with Crippen molar-refractivity contribution in [2.75, 3.05) is 6.26 Å². The zero-order valence-corrected chi connectivity index (χ0v) is 11.1. The molecule has 0 aliphatic rings. The number of thiophene rings is 1. The van der Waals surface area contributed by atoms with E-state index < -0.39 is 12.0 Å². The predicted molar refractivity (Wildman–Crippen MR) is 72.5 cm³/mol. The number of carboxylic acids is 1. The van der Waals surface area contributed by atoms with Crippen molar-refractivity contribution >= 4 is 34.2 Å². The number of thioether (sulfide) groups is 1. The van der Waals surface area contributed by atoms with Gasteiger partial charge in [0.2, 0.25) is 0 Å². The second-order valence-electron chi connectivity index (χ2n) is 3.38. The lowest BCUT2D eigenvalue weighted by Crippen LogP contribution is -2.31.